The molecule has 1 aliphatic rings. The lowest BCUT2D eigenvalue weighted by atomic mass is 9.87. The van der Waals surface area contributed by atoms with Crippen molar-refractivity contribution in [3.63, 3.8) is 0 Å². The second-order valence-electron chi connectivity index (χ2n) is 12.5. The zero-order chi connectivity index (χ0) is 32.3. The first-order valence-corrected chi connectivity index (χ1v) is 19.5. The van der Waals surface area contributed by atoms with E-state index in [0.717, 1.165) is 5.69 Å². The van der Waals surface area contributed by atoms with Crippen LogP contribution in [0, 0.1) is 0 Å². The number of hydrogen-bond donors (Lipinski definition) is 0. The summed E-state index contributed by atoms with van der Waals surface area (Å²) in [5.41, 5.74) is 8.57. The van der Waals surface area contributed by atoms with Gasteiger partial charge in [-0.2, -0.15) is 0 Å². The Morgan fingerprint density at radius 3 is 1.86 bits per heavy atom. The second-order valence-corrected chi connectivity index (χ2v) is 16.2. The molecule has 0 unspecified atom stereocenters. The van der Waals surface area contributed by atoms with E-state index in [1.807, 2.05) is 11.3 Å². The van der Waals surface area contributed by atoms with Gasteiger partial charge < -0.3 is 0 Å². The third-order valence-corrected chi connectivity index (χ3v) is 14.1. The molecule has 3 heteroatoms. The molecule has 0 fully saturated rings. The topological polar surface area (TPSA) is 12.4 Å². The van der Waals surface area contributed by atoms with Crippen molar-refractivity contribution in [3.05, 3.63) is 186 Å². The Labute approximate surface area is 298 Å². The van der Waals surface area contributed by atoms with Crippen molar-refractivity contribution < 1.29 is 0 Å². The summed E-state index contributed by atoms with van der Waals surface area (Å²) in [6.45, 7) is 0. The highest BCUT2D eigenvalue weighted by atomic mass is 127. The maximum Gasteiger partial charge on any atom is 0.104 e. The van der Waals surface area contributed by atoms with E-state index in [1.165, 1.54) is 87.9 Å². The van der Waals surface area contributed by atoms with Crippen molar-refractivity contribution in [1.82, 2.24) is 0 Å². The molecule has 1 aliphatic heterocycles. The molecule has 2 heterocycles. The van der Waals surface area contributed by atoms with Crippen molar-refractivity contribution in [3.8, 4) is 22.3 Å². The Bertz CT molecular complexity index is 2810. The third-order valence-electron chi connectivity index (χ3n) is 9.51. The molecule has 0 atom stereocenters. The van der Waals surface area contributed by atoms with Crippen LogP contribution in [0.3, 0.4) is 0 Å². The number of aliphatic imine (C=N–C) groups is 1. The highest BCUT2D eigenvalue weighted by Gasteiger charge is 2.24. The van der Waals surface area contributed by atoms with E-state index in [4.69, 9.17) is 4.99 Å². The van der Waals surface area contributed by atoms with E-state index in [2.05, 4.69) is 170 Å². The van der Waals surface area contributed by atoms with Gasteiger partial charge in [0.1, 0.15) is 3.72 Å². The maximum absolute atomic E-state index is 5.58. The minimum atomic E-state index is -0.589. The standard InChI is InChI=1S/C46H28INS/c1-3-13-29(14-4-1)34-26-35(42-38-20-10-8-18-32(38)25-33-24-23-30-15-7-9-19-37(30)41(33)42)28-36(27-34)46-47-43(31-16-5-2-6-17-31)45-44(48-46)39-21-11-12-22-40(39)49-45/h1-28H. The average molecular weight is 754 g/mol. The van der Waals surface area contributed by atoms with E-state index in [9.17, 15) is 0 Å². The number of fused-ring (bicyclic) bond motifs is 7. The first-order chi connectivity index (χ1) is 24.3. The lowest BCUT2D eigenvalue weighted by Gasteiger charge is -2.18. The van der Waals surface area contributed by atoms with Gasteiger partial charge in [0.25, 0.3) is 0 Å². The van der Waals surface area contributed by atoms with Crippen molar-refractivity contribution in [2.75, 3.05) is 0 Å². The fourth-order valence-electron chi connectivity index (χ4n) is 7.26. The van der Waals surface area contributed by atoms with Gasteiger partial charge in [0.05, 0.1) is 10.6 Å². The van der Waals surface area contributed by atoms with Gasteiger partial charge in [-0.1, -0.05) is 160 Å². The van der Waals surface area contributed by atoms with Crippen LogP contribution >= 0.6 is 32.1 Å². The van der Waals surface area contributed by atoms with E-state index in [0.29, 0.717) is 0 Å². The van der Waals surface area contributed by atoms with Crippen molar-refractivity contribution >= 4 is 87.4 Å². The molecule has 49 heavy (non-hydrogen) atoms. The van der Waals surface area contributed by atoms with E-state index >= 15 is 0 Å². The van der Waals surface area contributed by atoms with E-state index in [-0.39, 0.29) is 0 Å². The van der Waals surface area contributed by atoms with Gasteiger partial charge in [0.15, 0.2) is 0 Å². The molecule has 10 rings (SSSR count). The summed E-state index contributed by atoms with van der Waals surface area (Å²) < 4.78 is 3.96. The Kier molecular flexibility index (Phi) is 6.88. The molecule has 0 amide bonds. The Hall–Kier alpha value is -5.23. The van der Waals surface area contributed by atoms with Crippen molar-refractivity contribution in [2.24, 2.45) is 4.99 Å². The van der Waals surface area contributed by atoms with Crippen molar-refractivity contribution in [1.29, 1.82) is 0 Å². The highest BCUT2D eigenvalue weighted by molar-refractivity contribution is 14.2. The van der Waals surface area contributed by atoms with Crippen LogP contribution in [0.25, 0.3) is 64.7 Å². The molecule has 0 saturated heterocycles. The first kappa shape index (κ1) is 28.8. The molecule has 0 bridgehead atoms. The van der Waals surface area contributed by atoms with Crippen LogP contribution in [0.4, 0.5) is 5.69 Å². The molecule has 1 aromatic heterocycles. The van der Waals surface area contributed by atoms with Gasteiger partial charge in [0.2, 0.25) is 0 Å². The normalized spacial score (nSPS) is 12.9. The molecule has 0 spiro atoms. The van der Waals surface area contributed by atoms with Crippen LogP contribution in [0.5, 0.6) is 0 Å². The van der Waals surface area contributed by atoms with Gasteiger partial charge in [0, 0.05) is 19.2 Å². The maximum atomic E-state index is 5.58. The van der Waals surface area contributed by atoms with Gasteiger partial charge in [-0.15, -0.1) is 11.3 Å². The molecule has 8 aromatic carbocycles. The number of nitrogens with zero attached hydrogens (tertiary/aromatic N) is 1. The minimum Gasteiger partial charge on any atom is -0.240 e. The minimum absolute atomic E-state index is 0.589. The summed E-state index contributed by atoms with van der Waals surface area (Å²) in [5, 5.41) is 8.86. The number of hydrogen-bond acceptors (Lipinski definition) is 2. The average Bonchev–Trinajstić information content (AvgIpc) is 3.56. The zero-order valence-electron chi connectivity index (χ0n) is 26.4. The summed E-state index contributed by atoms with van der Waals surface area (Å²) >= 11 is 1.30. The molecule has 0 saturated carbocycles. The molecular formula is C46H28INS. The summed E-state index contributed by atoms with van der Waals surface area (Å²) in [4.78, 5) is 6.91. The highest BCUT2D eigenvalue weighted by Crippen LogP contribution is 2.46. The summed E-state index contributed by atoms with van der Waals surface area (Å²) in [7, 11) is 0. The SMILES string of the molecule is c1ccc(C2=IC(c3cc(-c4ccccc4)cc(-c4c5ccccc5cc5ccc6ccccc6c45)c3)=Nc3c2sc2ccccc32)cc1. The van der Waals surface area contributed by atoms with Crippen LogP contribution in [0.1, 0.15) is 16.0 Å². The Balaban J connectivity index is 1.31. The molecule has 0 N–H and O–H groups in total. The summed E-state index contributed by atoms with van der Waals surface area (Å²) in [5.74, 6) is 0. The van der Waals surface area contributed by atoms with Gasteiger partial charge in [-0.25, -0.2) is 4.99 Å². The van der Waals surface area contributed by atoms with E-state index in [1.54, 1.807) is 0 Å². The Morgan fingerprint density at radius 2 is 1.04 bits per heavy atom. The van der Waals surface area contributed by atoms with Gasteiger partial charge in [-0.3, -0.25) is 0 Å². The quantitative estimate of drug-likeness (QED) is 0.0964. The largest absolute Gasteiger partial charge is 0.240 e. The summed E-state index contributed by atoms with van der Waals surface area (Å²) in [6, 6.07) is 62.3. The fourth-order valence-corrected chi connectivity index (χ4v) is 11.6. The van der Waals surface area contributed by atoms with Crippen LogP contribution in [0.2, 0.25) is 0 Å². The predicted molar refractivity (Wildman–Crippen MR) is 222 cm³/mol. The lowest BCUT2D eigenvalue weighted by Crippen LogP contribution is -2.06. The molecule has 0 radical (unpaired) electrons. The summed E-state index contributed by atoms with van der Waals surface area (Å²) in [6.07, 6.45) is 0. The van der Waals surface area contributed by atoms with Crippen molar-refractivity contribution in [2.45, 2.75) is 0 Å². The molecule has 230 valence electrons. The second kappa shape index (κ2) is 11.7. The lowest BCUT2D eigenvalue weighted by molar-refractivity contribution is 1.56. The third kappa shape index (κ3) is 4.87. The number of thiophene rings is 1. The number of benzene rings is 8. The monoisotopic (exact) mass is 753 g/mol. The smallest absolute Gasteiger partial charge is 0.104 e. The Morgan fingerprint density at radius 1 is 0.429 bits per heavy atom. The number of halogens is 1. The van der Waals surface area contributed by atoms with Gasteiger partial charge >= 0.3 is 0 Å². The number of rotatable bonds is 4. The van der Waals surface area contributed by atoms with Crippen LogP contribution in [-0.4, -0.2) is 7.23 Å². The zero-order valence-corrected chi connectivity index (χ0v) is 29.4. The first-order valence-electron chi connectivity index (χ1n) is 16.5. The molecule has 0 aliphatic carbocycles. The van der Waals surface area contributed by atoms with Crippen LogP contribution in [-0.2, 0) is 0 Å². The van der Waals surface area contributed by atoms with Crippen LogP contribution < -0.4 is 0 Å². The molecular weight excluding hydrogens is 725 g/mol. The van der Waals surface area contributed by atoms with Crippen LogP contribution in [0.15, 0.2) is 175 Å². The molecule has 1 nitrogen and oxygen atoms in total. The predicted octanol–water partition coefficient (Wildman–Crippen LogP) is 13.3. The van der Waals surface area contributed by atoms with Gasteiger partial charge in [-0.05, 0) is 90.5 Å². The molecule has 9 aromatic rings. The fraction of sp³-hybridized carbons (Fsp3) is 0. The van der Waals surface area contributed by atoms with E-state index < -0.39 is 20.7 Å².